The number of hydrogen-bond donors (Lipinski definition) is 2. The molecule has 0 saturated heterocycles. The van der Waals surface area contributed by atoms with Gasteiger partial charge < -0.3 is 10.6 Å². The number of nitrogens with zero attached hydrogens (tertiary/aromatic N) is 1. The summed E-state index contributed by atoms with van der Waals surface area (Å²) in [7, 11) is -0.505. The van der Waals surface area contributed by atoms with Crippen LogP contribution in [-0.2, 0) is 10.0 Å². The van der Waals surface area contributed by atoms with E-state index in [1.54, 1.807) is 12.1 Å². The third-order valence-electron chi connectivity index (χ3n) is 2.38. The van der Waals surface area contributed by atoms with Gasteiger partial charge in [0.2, 0.25) is 10.0 Å². The highest BCUT2D eigenvalue weighted by molar-refractivity contribution is 7.89. The molecule has 0 aliphatic rings. The van der Waals surface area contributed by atoms with Gasteiger partial charge in [-0.3, -0.25) is 0 Å². The van der Waals surface area contributed by atoms with Gasteiger partial charge in [0.05, 0.1) is 4.90 Å². The van der Waals surface area contributed by atoms with E-state index in [9.17, 15) is 13.2 Å². The van der Waals surface area contributed by atoms with Crippen LogP contribution in [-0.4, -0.2) is 38.4 Å². The number of hydrogen-bond acceptors (Lipinski definition) is 3. The Bertz CT molecular complexity index is 572. The average Bonchev–Trinajstić information content (AvgIpc) is 2.26. The fourth-order valence-electron chi connectivity index (χ4n) is 1.42. The summed E-state index contributed by atoms with van der Waals surface area (Å²) in [6.45, 7) is 5.62. The van der Waals surface area contributed by atoms with Gasteiger partial charge in [-0.15, -0.1) is 0 Å². The van der Waals surface area contributed by atoms with E-state index < -0.39 is 10.0 Å². The number of amides is 2. The van der Waals surface area contributed by atoms with Gasteiger partial charge in [-0.05, 0) is 45.0 Å². The molecule has 0 heterocycles. The Labute approximate surface area is 120 Å². The van der Waals surface area contributed by atoms with Gasteiger partial charge in [-0.25, -0.2) is 17.5 Å². The molecule has 7 heteroatoms. The first-order chi connectivity index (χ1) is 9.02. The monoisotopic (exact) mass is 299 g/mol. The third-order valence-corrected chi connectivity index (χ3v) is 4.21. The van der Waals surface area contributed by atoms with Crippen LogP contribution in [0.15, 0.2) is 29.2 Å². The van der Waals surface area contributed by atoms with E-state index >= 15 is 0 Å². The lowest BCUT2D eigenvalue weighted by molar-refractivity contribution is 0.244. The Morgan fingerprint density at radius 2 is 1.60 bits per heavy atom. The van der Waals surface area contributed by atoms with E-state index in [0.717, 1.165) is 4.31 Å². The van der Waals surface area contributed by atoms with Crippen molar-refractivity contribution in [2.45, 2.75) is 31.2 Å². The molecular formula is C13H21N3O3S. The molecule has 1 aromatic carbocycles. The van der Waals surface area contributed by atoms with Crippen molar-refractivity contribution in [3.8, 4) is 0 Å². The molecule has 1 rings (SSSR count). The largest absolute Gasteiger partial charge is 0.333 e. The Balaban J connectivity index is 2.81. The van der Waals surface area contributed by atoms with Gasteiger partial charge in [0, 0.05) is 25.3 Å². The summed E-state index contributed by atoms with van der Waals surface area (Å²) in [4.78, 5) is 11.9. The molecule has 0 unspecified atom stereocenters. The minimum atomic E-state index is -3.45. The number of nitrogens with one attached hydrogen (secondary N) is 2. The molecule has 0 radical (unpaired) electrons. The third kappa shape index (κ3) is 4.50. The fraction of sp³-hybridized carbons (Fsp3) is 0.462. The van der Waals surface area contributed by atoms with Crippen molar-refractivity contribution in [3.63, 3.8) is 0 Å². The molecule has 6 nitrogen and oxygen atoms in total. The molecule has 1 aromatic rings. The lowest BCUT2D eigenvalue weighted by Gasteiger charge is -2.20. The van der Waals surface area contributed by atoms with Gasteiger partial charge in [-0.2, -0.15) is 0 Å². The molecule has 0 spiro atoms. The van der Waals surface area contributed by atoms with Crippen LogP contribution in [0.1, 0.15) is 20.8 Å². The number of sulfonamides is 1. The van der Waals surface area contributed by atoms with Crippen molar-refractivity contribution in [2.75, 3.05) is 19.4 Å². The van der Waals surface area contributed by atoms with Crippen molar-refractivity contribution < 1.29 is 13.2 Å². The molecule has 20 heavy (non-hydrogen) atoms. The van der Waals surface area contributed by atoms with E-state index in [2.05, 4.69) is 10.6 Å². The first kappa shape index (κ1) is 16.5. The SMILES string of the molecule is CN(C)S(=O)(=O)c1ccc(NC(=O)NC(C)(C)C)cc1. The molecule has 0 aliphatic carbocycles. The van der Waals surface area contributed by atoms with Crippen LogP contribution in [0.25, 0.3) is 0 Å². The van der Waals surface area contributed by atoms with Crippen molar-refractivity contribution >= 4 is 21.7 Å². The molecule has 2 amide bonds. The van der Waals surface area contributed by atoms with E-state index in [0.29, 0.717) is 5.69 Å². The van der Waals surface area contributed by atoms with Crippen LogP contribution in [0.5, 0.6) is 0 Å². The minimum Gasteiger partial charge on any atom is -0.333 e. The topological polar surface area (TPSA) is 78.5 Å². The lowest BCUT2D eigenvalue weighted by atomic mass is 10.1. The molecule has 0 fully saturated rings. The maximum atomic E-state index is 11.9. The molecule has 2 N–H and O–H groups in total. The summed E-state index contributed by atoms with van der Waals surface area (Å²) in [6.07, 6.45) is 0. The van der Waals surface area contributed by atoms with Crippen LogP contribution in [0.2, 0.25) is 0 Å². The quantitative estimate of drug-likeness (QED) is 0.894. The molecule has 0 aliphatic heterocycles. The molecule has 112 valence electrons. The standard InChI is InChI=1S/C13H21N3O3S/c1-13(2,3)15-12(17)14-10-6-8-11(9-7-10)20(18,19)16(4)5/h6-9H,1-5H3,(H2,14,15,17). The van der Waals surface area contributed by atoms with Crippen molar-refractivity contribution in [1.82, 2.24) is 9.62 Å². The summed E-state index contributed by atoms with van der Waals surface area (Å²) in [5, 5.41) is 5.40. The Hall–Kier alpha value is -1.60. The van der Waals surface area contributed by atoms with Gasteiger partial charge in [-0.1, -0.05) is 0 Å². The van der Waals surface area contributed by atoms with E-state index in [1.807, 2.05) is 20.8 Å². The first-order valence-electron chi connectivity index (χ1n) is 6.14. The van der Waals surface area contributed by atoms with Gasteiger partial charge in [0.15, 0.2) is 0 Å². The second-order valence-electron chi connectivity index (χ2n) is 5.64. The first-order valence-corrected chi connectivity index (χ1v) is 7.58. The minimum absolute atomic E-state index is 0.185. The van der Waals surface area contributed by atoms with E-state index in [-0.39, 0.29) is 16.5 Å². The summed E-state index contributed by atoms with van der Waals surface area (Å²) in [5.74, 6) is 0. The van der Waals surface area contributed by atoms with E-state index in [1.165, 1.54) is 26.2 Å². The van der Waals surface area contributed by atoms with Gasteiger partial charge in [0.1, 0.15) is 0 Å². The van der Waals surface area contributed by atoms with Crippen molar-refractivity contribution in [2.24, 2.45) is 0 Å². The van der Waals surface area contributed by atoms with Gasteiger partial charge in [0.25, 0.3) is 0 Å². The number of benzene rings is 1. The molecular weight excluding hydrogens is 278 g/mol. The number of carbonyl (C=O) groups is 1. The van der Waals surface area contributed by atoms with Crippen LogP contribution < -0.4 is 10.6 Å². The normalized spacial score (nSPS) is 12.3. The van der Waals surface area contributed by atoms with Crippen molar-refractivity contribution in [3.05, 3.63) is 24.3 Å². The van der Waals surface area contributed by atoms with Gasteiger partial charge >= 0.3 is 6.03 Å². The number of rotatable bonds is 3. The zero-order valence-electron chi connectivity index (χ0n) is 12.4. The predicted molar refractivity (Wildman–Crippen MR) is 79.2 cm³/mol. The molecule has 0 aromatic heterocycles. The Kier molecular flexibility index (Phi) is 4.77. The Morgan fingerprint density at radius 3 is 2.00 bits per heavy atom. The molecule has 0 atom stereocenters. The molecule has 0 bridgehead atoms. The average molecular weight is 299 g/mol. The number of carbonyl (C=O) groups excluding carboxylic acids is 1. The van der Waals surface area contributed by atoms with Crippen LogP contribution in [0.4, 0.5) is 10.5 Å². The summed E-state index contributed by atoms with van der Waals surface area (Å²) in [6, 6.07) is 5.70. The Morgan fingerprint density at radius 1 is 1.10 bits per heavy atom. The van der Waals surface area contributed by atoms with Crippen molar-refractivity contribution in [1.29, 1.82) is 0 Å². The van der Waals surface area contributed by atoms with Crippen LogP contribution in [0.3, 0.4) is 0 Å². The summed E-state index contributed by atoms with van der Waals surface area (Å²) >= 11 is 0. The highest BCUT2D eigenvalue weighted by Gasteiger charge is 2.17. The lowest BCUT2D eigenvalue weighted by Crippen LogP contribution is -2.43. The number of urea groups is 1. The summed E-state index contributed by atoms with van der Waals surface area (Å²) in [5.41, 5.74) is 0.197. The maximum Gasteiger partial charge on any atom is 0.319 e. The second kappa shape index (κ2) is 5.80. The zero-order valence-corrected chi connectivity index (χ0v) is 13.2. The van der Waals surface area contributed by atoms with Crippen LogP contribution in [0, 0.1) is 0 Å². The maximum absolute atomic E-state index is 11.9. The molecule has 0 saturated carbocycles. The summed E-state index contributed by atoms with van der Waals surface area (Å²) < 4.78 is 24.9. The zero-order chi connectivity index (χ0) is 15.6. The second-order valence-corrected chi connectivity index (χ2v) is 7.79. The number of anilines is 1. The predicted octanol–water partition coefficient (Wildman–Crippen LogP) is 1.86. The van der Waals surface area contributed by atoms with Crippen LogP contribution >= 0.6 is 0 Å². The smallest absolute Gasteiger partial charge is 0.319 e. The fourth-order valence-corrected chi connectivity index (χ4v) is 2.33. The highest BCUT2D eigenvalue weighted by atomic mass is 32.2. The van der Waals surface area contributed by atoms with E-state index in [4.69, 9.17) is 0 Å². The highest BCUT2D eigenvalue weighted by Crippen LogP contribution is 2.16.